The summed E-state index contributed by atoms with van der Waals surface area (Å²) in [6.07, 6.45) is 0. The molecule has 0 unspecified atom stereocenters. The molecule has 0 saturated heterocycles. The molecule has 0 aromatic carbocycles. The summed E-state index contributed by atoms with van der Waals surface area (Å²) in [5, 5.41) is 0.608. The first kappa shape index (κ1) is 9.66. The van der Waals surface area contributed by atoms with Crippen molar-refractivity contribution in [2.75, 3.05) is 0 Å². The van der Waals surface area contributed by atoms with Crippen LogP contribution in [0.3, 0.4) is 0 Å². The van der Waals surface area contributed by atoms with Gasteiger partial charge in [0.2, 0.25) is 0 Å². The maximum absolute atomic E-state index is 5.90. The van der Waals surface area contributed by atoms with Gasteiger partial charge in [-0.1, -0.05) is 48.7 Å². The summed E-state index contributed by atoms with van der Waals surface area (Å²) in [5.41, 5.74) is 0.961. The van der Waals surface area contributed by atoms with Gasteiger partial charge in [-0.25, -0.2) is 0 Å². The highest BCUT2D eigenvalue weighted by Crippen LogP contribution is 2.43. The van der Waals surface area contributed by atoms with Crippen molar-refractivity contribution < 1.29 is 0 Å². The van der Waals surface area contributed by atoms with Gasteiger partial charge in [0.1, 0.15) is 4.34 Å². The molecule has 1 rings (SSSR count). The molecule has 0 fully saturated rings. The molecule has 11 heavy (non-hydrogen) atoms. The predicted octanol–water partition coefficient (Wildman–Crippen LogP) is 4.83. The molecule has 0 amide bonds. The van der Waals surface area contributed by atoms with E-state index in [1.807, 2.05) is 13.8 Å². The fourth-order valence-electron chi connectivity index (χ4n) is 0.851. The van der Waals surface area contributed by atoms with Crippen molar-refractivity contribution in [2.45, 2.75) is 19.8 Å². The molecule has 0 saturated carbocycles. The first-order chi connectivity index (χ1) is 5.04. The second-order valence-electron chi connectivity index (χ2n) is 2.53. The van der Waals surface area contributed by atoms with Crippen molar-refractivity contribution in [1.29, 1.82) is 0 Å². The Bertz CT molecular complexity index is 265. The number of halogens is 3. The molecule has 1 heterocycles. The van der Waals surface area contributed by atoms with Gasteiger partial charge in [0.05, 0.1) is 9.36 Å². The summed E-state index contributed by atoms with van der Waals surface area (Å²) in [7, 11) is 0. The third kappa shape index (κ3) is 1.83. The molecule has 62 valence electrons. The molecule has 0 nitrogen and oxygen atoms in total. The van der Waals surface area contributed by atoms with E-state index in [-0.39, 0.29) is 0 Å². The van der Waals surface area contributed by atoms with Crippen molar-refractivity contribution in [2.24, 2.45) is 0 Å². The van der Waals surface area contributed by atoms with E-state index >= 15 is 0 Å². The molecule has 1 aromatic rings. The topological polar surface area (TPSA) is 0 Å². The maximum Gasteiger partial charge on any atom is 0.113 e. The van der Waals surface area contributed by atoms with Gasteiger partial charge < -0.3 is 0 Å². The normalized spacial score (nSPS) is 11.1. The quantitative estimate of drug-likeness (QED) is 0.647. The molecule has 0 aliphatic rings. The zero-order valence-electron chi connectivity index (χ0n) is 6.12. The van der Waals surface area contributed by atoms with Crippen LogP contribution >= 0.6 is 46.1 Å². The highest BCUT2D eigenvalue weighted by Gasteiger charge is 2.16. The lowest BCUT2D eigenvalue weighted by Crippen LogP contribution is -1.84. The van der Waals surface area contributed by atoms with Crippen LogP contribution in [0.2, 0.25) is 13.7 Å². The summed E-state index contributed by atoms with van der Waals surface area (Å²) in [4.78, 5) is 0. The second kappa shape index (κ2) is 3.53. The molecule has 4 heteroatoms. The van der Waals surface area contributed by atoms with Gasteiger partial charge in [0.15, 0.2) is 0 Å². The first-order valence-corrected chi connectivity index (χ1v) is 5.12. The van der Waals surface area contributed by atoms with Crippen LogP contribution in [0.1, 0.15) is 25.3 Å². The highest BCUT2D eigenvalue weighted by molar-refractivity contribution is 7.20. The summed E-state index contributed by atoms with van der Waals surface area (Å²) in [6, 6.07) is 0. The lowest BCUT2D eigenvalue weighted by atomic mass is 10.1. The summed E-state index contributed by atoms with van der Waals surface area (Å²) in [6.45, 7) is 4.08. The number of hydrogen-bond acceptors (Lipinski definition) is 1. The SMILES string of the molecule is CC(C)c1c(Cl)sc(Cl)c1Cl. The Hall–Kier alpha value is 0.570. The Balaban J connectivity index is 3.22. The molecule has 0 radical (unpaired) electrons. The van der Waals surface area contributed by atoms with E-state index in [1.165, 1.54) is 11.3 Å². The van der Waals surface area contributed by atoms with Gasteiger partial charge in [-0.15, -0.1) is 11.3 Å². The average Bonchev–Trinajstić information content (AvgIpc) is 2.07. The van der Waals surface area contributed by atoms with E-state index in [4.69, 9.17) is 34.8 Å². The van der Waals surface area contributed by atoms with Crippen LogP contribution in [0.25, 0.3) is 0 Å². The van der Waals surface area contributed by atoms with Crippen LogP contribution in [-0.4, -0.2) is 0 Å². The van der Waals surface area contributed by atoms with Crippen LogP contribution in [-0.2, 0) is 0 Å². The standard InChI is InChI=1S/C7H7Cl3S/c1-3(2)4-5(8)7(10)11-6(4)9/h3H,1-2H3. The smallest absolute Gasteiger partial charge is 0.110 e. The molecule has 0 aliphatic heterocycles. The minimum atomic E-state index is 0.332. The first-order valence-electron chi connectivity index (χ1n) is 3.17. The second-order valence-corrected chi connectivity index (χ2v) is 5.13. The van der Waals surface area contributed by atoms with Gasteiger partial charge in [0.25, 0.3) is 0 Å². The van der Waals surface area contributed by atoms with Gasteiger partial charge in [-0.05, 0) is 5.92 Å². The Morgan fingerprint density at radius 2 is 1.64 bits per heavy atom. The van der Waals surface area contributed by atoms with E-state index in [9.17, 15) is 0 Å². The van der Waals surface area contributed by atoms with Crippen molar-refractivity contribution >= 4 is 46.1 Å². The average molecular weight is 230 g/mol. The van der Waals surface area contributed by atoms with Crippen LogP contribution in [0.4, 0.5) is 0 Å². The predicted molar refractivity (Wildman–Crippen MR) is 53.4 cm³/mol. The minimum Gasteiger partial charge on any atom is -0.110 e. The Kier molecular flexibility index (Phi) is 3.10. The minimum absolute atomic E-state index is 0.332. The van der Waals surface area contributed by atoms with Crippen molar-refractivity contribution in [3.05, 3.63) is 19.3 Å². The summed E-state index contributed by atoms with van der Waals surface area (Å²) < 4.78 is 1.29. The number of thiophene rings is 1. The van der Waals surface area contributed by atoms with Crippen LogP contribution in [0, 0.1) is 0 Å². The molecule has 1 aromatic heterocycles. The van der Waals surface area contributed by atoms with Crippen molar-refractivity contribution in [1.82, 2.24) is 0 Å². The van der Waals surface area contributed by atoms with Crippen LogP contribution < -0.4 is 0 Å². The monoisotopic (exact) mass is 228 g/mol. The Morgan fingerprint density at radius 1 is 1.09 bits per heavy atom. The molecular formula is C7H7Cl3S. The van der Waals surface area contributed by atoms with Crippen molar-refractivity contribution in [3.63, 3.8) is 0 Å². The van der Waals surface area contributed by atoms with E-state index in [0.717, 1.165) is 5.56 Å². The van der Waals surface area contributed by atoms with Gasteiger partial charge >= 0.3 is 0 Å². The van der Waals surface area contributed by atoms with Crippen LogP contribution in [0.5, 0.6) is 0 Å². The molecule has 0 atom stereocenters. The van der Waals surface area contributed by atoms with Gasteiger partial charge in [-0.3, -0.25) is 0 Å². The Morgan fingerprint density at radius 3 is 1.82 bits per heavy atom. The highest BCUT2D eigenvalue weighted by atomic mass is 35.5. The zero-order valence-corrected chi connectivity index (χ0v) is 9.20. The fourth-order valence-corrected chi connectivity index (χ4v) is 3.18. The third-order valence-electron chi connectivity index (χ3n) is 1.38. The van der Waals surface area contributed by atoms with E-state index < -0.39 is 0 Å². The van der Waals surface area contributed by atoms with Crippen molar-refractivity contribution in [3.8, 4) is 0 Å². The molecule has 0 aliphatic carbocycles. The largest absolute Gasteiger partial charge is 0.113 e. The number of rotatable bonds is 1. The molecule has 0 N–H and O–H groups in total. The summed E-state index contributed by atoms with van der Waals surface area (Å²) in [5.74, 6) is 0.332. The zero-order chi connectivity index (χ0) is 8.59. The van der Waals surface area contributed by atoms with Gasteiger partial charge in [-0.2, -0.15) is 0 Å². The number of hydrogen-bond donors (Lipinski definition) is 0. The molecular weight excluding hydrogens is 223 g/mol. The van der Waals surface area contributed by atoms with Gasteiger partial charge in [0, 0.05) is 5.56 Å². The summed E-state index contributed by atoms with van der Waals surface area (Å²) >= 11 is 18.9. The van der Waals surface area contributed by atoms with E-state index in [0.29, 0.717) is 19.6 Å². The fraction of sp³-hybridized carbons (Fsp3) is 0.429. The van der Waals surface area contributed by atoms with Crippen LogP contribution in [0.15, 0.2) is 0 Å². The Labute approximate surface area is 85.1 Å². The lowest BCUT2D eigenvalue weighted by Gasteiger charge is -2.02. The van der Waals surface area contributed by atoms with E-state index in [1.54, 1.807) is 0 Å². The lowest BCUT2D eigenvalue weighted by molar-refractivity contribution is 0.873. The molecule has 0 spiro atoms. The van der Waals surface area contributed by atoms with E-state index in [2.05, 4.69) is 0 Å². The molecule has 0 bridgehead atoms. The maximum atomic E-state index is 5.90. The third-order valence-corrected chi connectivity index (χ3v) is 3.62.